The van der Waals surface area contributed by atoms with Gasteiger partial charge in [0.15, 0.2) is 0 Å². The fourth-order valence-electron chi connectivity index (χ4n) is 2.42. The van der Waals surface area contributed by atoms with E-state index in [4.69, 9.17) is 9.94 Å². The van der Waals surface area contributed by atoms with Crippen LogP contribution in [0.25, 0.3) is 0 Å². The molecule has 0 radical (unpaired) electrons. The molecule has 2 aromatic carbocycles. The van der Waals surface area contributed by atoms with Crippen LogP contribution in [0.2, 0.25) is 0 Å². The molecule has 0 aromatic heterocycles. The molecule has 0 bridgehead atoms. The fourth-order valence-corrected chi connectivity index (χ4v) is 3.68. The number of nitrogens with one attached hydrogen (secondary N) is 2. The van der Waals surface area contributed by atoms with Crippen LogP contribution in [-0.4, -0.2) is 22.3 Å². The Morgan fingerprint density at radius 3 is 2.50 bits per heavy atom. The summed E-state index contributed by atoms with van der Waals surface area (Å²) in [6, 6.07) is 12.0. The molecule has 7 nitrogen and oxygen atoms in total. The van der Waals surface area contributed by atoms with Gasteiger partial charge in [0.25, 0.3) is 5.91 Å². The quantitative estimate of drug-likeness (QED) is 0.249. The van der Waals surface area contributed by atoms with Crippen LogP contribution in [0.4, 0.5) is 10.5 Å². The number of ether oxygens (including phenoxy) is 1. The maximum atomic E-state index is 12.4. The van der Waals surface area contributed by atoms with Crippen LogP contribution in [0, 0.1) is 5.92 Å². The van der Waals surface area contributed by atoms with Crippen molar-refractivity contribution in [3.05, 3.63) is 69.1 Å². The van der Waals surface area contributed by atoms with Crippen molar-refractivity contribution in [3.8, 4) is 5.75 Å². The van der Waals surface area contributed by atoms with Crippen LogP contribution in [0.1, 0.15) is 18.6 Å². The standard InChI is InChI=1S/C19H18Br2N2O5/c1-11(7-8-16(24)23-27)18(14-9-12(20)10-15(21)17(14)25)28-19(26)22-13-5-3-2-4-6-13/h2-11,18,25,27H,1H3,(H,22,26)(H,23,24)/b8-7+/t11-,18+/m0/s1. The number of para-hydroxylation sites is 1. The fraction of sp³-hybridized carbons (Fsp3) is 0.158. The molecule has 28 heavy (non-hydrogen) atoms. The summed E-state index contributed by atoms with van der Waals surface area (Å²) < 4.78 is 6.64. The maximum absolute atomic E-state index is 12.4. The second-order valence-electron chi connectivity index (χ2n) is 5.84. The number of carbonyl (C=O) groups excluding carboxylic acids is 2. The zero-order valence-electron chi connectivity index (χ0n) is 14.7. The van der Waals surface area contributed by atoms with Crippen molar-refractivity contribution >= 4 is 49.5 Å². The van der Waals surface area contributed by atoms with Gasteiger partial charge >= 0.3 is 6.09 Å². The minimum Gasteiger partial charge on any atom is -0.506 e. The van der Waals surface area contributed by atoms with E-state index >= 15 is 0 Å². The minimum absolute atomic E-state index is 0.0902. The van der Waals surface area contributed by atoms with Gasteiger partial charge in [-0.25, -0.2) is 10.3 Å². The molecule has 2 aromatic rings. The Bertz CT molecular complexity index is 874. The first kappa shape index (κ1) is 21.9. The van der Waals surface area contributed by atoms with Crippen LogP contribution < -0.4 is 10.8 Å². The van der Waals surface area contributed by atoms with E-state index in [-0.39, 0.29) is 5.75 Å². The number of amides is 2. The highest BCUT2D eigenvalue weighted by molar-refractivity contribution is 9.11. The van der Waals surface area contributed by atoms with Gasteiger partial charge in [0.2, 0.25) is 0 Å². The van der Waals surface area contributed by atoms with Crippen molar-refractivity contribution in [1.82, 2.24) is 5.48 Å². The molecule has 4 N–H and O–H groups in total. The Hall–Kier alpha value is -2.36. The highest BCUT2D eigenvalue weighted by atomic mass is 79.9. The van der Waals surface area contributed by atoms with Crippen molar-refractivity contribution in [2.75, 3.05) is 5.32 Å². The highest BCUT2D eigenvalue weighted by Crippen LogP contribution is 2.40. The van der Waals surface area contributed by atoms with Crippen LogP contribution in [-0.2, 0) is 9.53 Å². The molecule has 2 rings (SSSR count). The Balaban J connectivity index is 2.32. The number of hydrogen-bond donors (Lipinski definition) is 4. The summed E-state index contributed by atoms with van der Waals surface area (Å²) in [7, 11) is 0. The molecule has 0 aliphatic carbocycles. The summed E-state index contributed by atoms with van der Waals surface area (Å²) in [4.78, 5) is 23.7. The molecule has 2 atom stereocenters. The molecule has 2 amide bonds. The third kappa shape index (κ3) is 6.08. The third-order valence-electron chi connectivity index (χ3n) is 3.76. The summed E-state index contributed by atoms with van der Waals surface area (Å²) in [5.74, 6) is -1.32. The topological polar surface area (TPSA) is 108 Å². The van der Waals surface area contributed by atoms with Gasteiger partial charge in [0.1, 0.15) is 11.9 Å². The number of anilines is 1. The number of rotatable bonds is 6. The Morgan fingerprint density at radius 2 is 1.86 bits per heavy atom. The molecule has 0 unspecified atom stereocenters. The second kappa shape index (κ2) is 10.3. The first-order valence-corrected chi connectivity index (χ1v) is 9.73. The van der Waals surface area contributed by atoms with Crippen molar-refractivity contribution in [2.24, 2.45) is 5.92 Å². The molecule has 0 fully saturated rings. The number of halogens is 2. The zero-order valence-corrected chi connectivity index (χ0v) is 17.9. The van der Waals surface area contributed by atoms with E-state index in [1.165, 1.54) is 11.6 Å². The molecule has 0 aliphatic rings. The average Bonchev–Trinajstić information content (AvgIpc) is 2.67. The lowest BCUT2D eigenvalue weighted by Gasteiger charge is -2.24. The van der Waals surface area contributed by atoms with Gasteiger partial charge in [0.05, 0.1) is 4.47 Å². The lowest BCUT2D eigenvalue weighted by molar-refractivity contribution is -0.124. The van der Waals surface area contributed by atoms with E-state index in [0.717, 1.165) is 6.08 Å². The van der Waals surface area contributed by atoms with E-state index in [9.17, 15) is 14.7 Å². The van der Waals surface area contributed by atoms with Crippen molar-refractivity contribution in [1.29, 1.82) is 0 Å². The summed E-state index contributed by atoms with van der Waals surface area (Å²) in [6.45, 7) is 1.70. The Kier molecular flexibility index (Phi) is 8.04. The molecule has 0 saturated carbocycles. The number of phenols is 1. The third-order valence-corrected chi connectivity index (χ3v) is 4.82. The number of hydrogen-bond acceptors (Lipinski definition) is 5. The Morgan fingerprint density at radius 1 is 1.18 bits per heavy atom. The predicted octanol–water partition coefficient (Wildman–Crippen LogP) is 4.90. The van der Waals surface area contributed by atoms with Gasteiger partial charge in [-0.2, -0.15) is 0 Å². The van der Waals surface area contributed by atoms with E-state index < -0.39 is 24.0 Å². The summed E-state index contributed by atoms with van der Waals surface area (Å²) in [6.07, 6.45) is 0.930. The largest absolute Gasteiger partial charge is 0.506 e. The molecule has 0 saturated heterocycles. The first-order chi connectivity index (χ1) is 13.3. The number of benzene rings is 2. The van der Waals surface area contributed by atoms with Gasteiger partial charge in [-0.1, -0.05) is 47.1 Å². The van der Waals surface area contributed by atoms with Gasteiger partial charge in [-0.3, -0.25) is 15.3 Å². The number of hydroxylamine groups is 1. The van der Waals surface area contributed by atoms with Crippen LogP contribution in [0.5, 0.6) is 5.75 Å². The monoisotopic (exact) mass is 512 g/mol. The minimum atomic E-state index is -0.916. The second-order valence-corrected chi connectivity index (χ2v) is 7.61. The predicted molar refractivity (Wildman–Crippen MR) is 111 cm³/mol. The van der Waals surface area contributed by atoms with E-state index in [2.05, 4.69) is 37.2 Å². The maximum Gasteiger partial charge on any atom is 0.412 e. The summed E-state index contributed by atoms with van der Waals surface area (Å²) in [5, 5.41) is 21.7. The van der Waals surface area contributed by atoms with Crippen LogP contribution in [0.15, 0.2) is 63.6 Å². The lowest BCUT2D eigenvalue weighted by Crippen LogP contribution is -2.22. The van der Waals surface area contributed by atoms with Crippen molar-refractivity contribution in [2.45, 2.75) is 13.0 Å². The highest BCUT2D eigenvalue weighted by Gasteiger charge is 2.26. The number of phenolic OH excluding ortho intramolecular Hbond substituents is 1. The van der Waals surface area contributed by atoms with Crippen molar-refractivity contribution in [3.63, 3.8) is 0 Å². The molecule has 0 spiro atoms. The van der Waals surface area contributed by atoms with Crippen molar-refractivity contribution < 1.29 is 24.6 Å². The van der Waals surface area contributed by atoms with E-state index in [1.54, 1.807) is 43.3 Å². The summed E-state index contributed by atoms with van der Waals surface area (Å²) in [5.41, 5.74) is 2.38. The van der Waals surface area contributed by atoms with E-state index in [0.29, 0.717) is 20.2 Å². The van der Waals surface area contributed by atoms with Gasteiger partial charge < -0.3 is 9.84 Å². The van der Waals surface area contributed by atoms with Gasteiger partial charge in [0, 0.05) is 27.7 Å². The molecule has 0 heterocycles. The first-order valence-electron chi connectivity index (χ1n) is 8.14. The SMILES string of the molecule is C[C@@H](/C=C/C(=O)NO)[C@@H](OC(=O)Nc1ccccc1)c1cc(Br)cc(Br)c1O. The Labute approximate surface area is 178 Å². The van der Waals surface area contributed by atoms with Crippen LogP contribution in [0.3, 0.4) is 0 Å². The van der Waals surface area contributed by atoms with E-state index in [1.807, 2.05) is 6.07 Å². The molecular formula is C19H18Br2N2O5. The zero-order chi connectivity index (χ0) is 20.7. The molecule has 9 heteroatoms. The summed E-state index contributed by atoms with van der Waals surface area (Å²) >= 11 is 6.60. The smallest absolute Gasteiger partial charge is 0.412 e. The van der Waals surface area contributed by atoms with Crippen LogP contribution >= 0.6 is 31.9 Å². The molecule has 148 valence electrons. The van der Waals surface area contributed by atoms with Gasteiger partial charge in [-0.05, 0) is 40.2 Å². The number of aromatic hydroxyl groups is 1. The normalized spacial score (nSPS) is 13.0. The lowest BCUT2D eigenvalue weighted by atomic mass is 9.96. The molecular weight excluding hydrogens is 496 g/mol. The molecule has 0 aliphatic heterocycles. The van der Waals surface area contributed by atoms with Gasteiger partial charge in [-0.15, -0.1) is 0 Å². The average molecular weight is 514 g/mol. The number of carbonyl (C=O) groups is 2.